The molecule has 1 N–H and O–H groups in total. The third-order valence-corrected chi connectivity index (χ3v) is 2.55. The Bertz CT molecular complexity index is 410. The molecule has 0 heterocycles. The first-order chi connectivity index (χ1) is 9.19. The molecule has 106 valence electrons. The maximum Gasteiger partial charge on any atom is 0.311 e. The van der Waals surface area contributed by atoms with E-state index in [0.29, 0.717) is 12.4 Å². The molecule has 1 aromatic rings. The fourth-order valence-corrected chi connectivity index (χ4v) is 1.57. The van der Waals surface area contributed by atoms with Gasteiger partial charge in [-0.2, -0.15) is 0 Å². The number of hydrogen-bond acceptors (Lipinski definition) is 5. The Morgan fingerprint density at radius 3 is 2.79 bits per heavy atom. The highest BCUT2D eigenvalue weighted by Crippen LogP contribution is 2.30. The number of nitrogens with one attached hydrogen (secondary N) is 1. The van der Waals surface area contributed by atoms with Gasteiger partial charge in [-0.3, -0.25) is 10.1 Å². The van der Waals surface area contributed by atoms with E-state index < -0.39 is 4.92 Å². The topological polar surface area (TPSA) is 73.6 Å². The van der Waals surface area contributed by atoms with E-state index in [4.69, 9.17) is 9.47 Å². The predicted octanol–water partition coefficient (Wildman–Crippen LogP) is 2.37. The molecule has 6 nitrogen and oxygen atoms in total. The number of methoxy groups -OCH3 is 1. The van der Waals surface area contributed by atoms with Crippen molar-refractivity contribution in [2.75, 3.05) is 26.8 Å². The van der Waals surface area contributed by atoms with Crippen LogP contribution < -0.4 is 14.8 Å². The second kappa shape index (κ2) is 8.31. The van der Waals surface area contributed by atoms with Crippen molar-refractivity contribution < 1.29 is 14.4 Å². The molecule has 0 fully saturated rings. The van der Waals surface area contributed by atoms with E-state index in [-0.39, 0.29) is 11.4 Å². The maximum atomic E-state index is 10.9. The number of hydrogen-bond donors (Lipinski definition) is 1. The van der Waals surface area contributed by atoms with Crippen LogP contribution in [0.15, 0.2) is 18.2 Å². The van der Waals surface area contributed by atoms with E-state index in [0.717, 1.165) is 25.9 Å². The molecule has 0 atom stereocenters. The first-order valence-corrected chi connectivity index (χ1v) is 6.35. The summed E-state index contributed by atoms with van der Waals surface area (Å²) in [7, 11) is 1.51. The highest BCUT2D eigenvalue weighted by molar-refractivity contribution is 5.50. The van der Waals surface area contributed by atoms with Gasteiger partial charge in [0, 0.05) is 12.1 Å². The molecule has 0 amide bonds. The SMILES string of the molecule is CCCNCCCOc1cc(OC)ccc1[N+](=O)[O-]. The normalized spacial score (nSPS) is 10.2. The highest BCUT2D eigenvalue weighted by atomic mass is 16.6. The molecule has 0 aliphatic carbocycles. The van der Waals surface area contributed by atoms with Gasteiger partial charge in [-0.1, -0.05) is 6.92 Å². The Balaban J connectivity index is 2.52. The Morgan fingerprint density at radius 1 is 1.37 bits per heavy atom. The Hall–Kier alpha value is -1.82. The van der Waals surface area contributed by atoms with Crippen LogP contribution in [0.4, 0.5) is 5.69 Å². The summed E-state index contributed by atoms with van der Waals surface area (Å²) in [6, 6.07) is 4.48. The van der Waals surface area contributed by atoms with E-state index in [1.54, 1.807) is 6.07 Å². The van der Waals surface area contributed by atoms with Gasteiger partial charge in [0.2, 0.25) is 5.75 Å². The Labute approximate surface area is 112 Å². The molecule has 1 aromatic carbocycles. The number of nitrogens with zero attached hydrogens (tertiary/aromatic N) is 1. The van der Waals surface area contributed by atoms with Crippen molar-refractivity contribution in [3.63, 3.8) is 0 Å². The molecule has 19 heavy (non-hydrogen) atoms. The first kappa shape index (κ1) is 15.2. The number of benzene rings is 1. The number of nitro groups is 1. The summed E-state index contributed by atoms with van der Waals surface area (Å²) < 4.78 is 10.5. The summed E-state index contributed by atoms with van der Waals surface area (Å²) in [6.45, 7) is 4.35. The largest absolute Gasteiger partial charge is 0.497 e. The van der Waals surface area contributed by atoms with Crippen molar-refractivity contribution in [2.24, 2.45) is 0 Å². The average Bonchev–Trinajstić information content (AvgIpc) is 2.42. The quantitative estimate of drug-likeness (QED) is 0.423. The van der Waals surface area contributed by atoms with Crippen LogP contribution in [0, 0.1) is 10.1 Å². The van der Waals surface area contributed by atoms with Crippen LogP contribution in [0.3, 0.4) is 0 Å². The zero-order valence-electron chi connectivity index (χ0n) is 11.3. The van der Waals surface area contributed by atoms with E-state index in [1.165, 1.54) is 19.2 Å². The fourth-order valence-electron chi connectivity index (χ4n) is 1.57. The molecule has 0 aliphatic heterocycles. The highest BCUT2D eigenvalue weighted by Gasteiger charge is 2.15. The zero-order chi connectivity index (χ0) is 14.1. The van der Waals surface area contributed by atoms with Gasteiger partial charge in [0.1, 0.15) is 5.75 Å². The average molecular weight is 268 g/mol. The molecule has 1 rings (SSSR count). The fraction of sp³-hybridized carbons (Fsp3) is 0.538. The van der Waals surface area contributed by atoms with Crippen LogP contribution in [0.5, 0.6) is 11.5 Å². The maximum absolute atomic E-state index is 10.9. The minimum absolute atomic E-state index is 0.0395. The molecular weight excluding hydrogens is 248 g/mol. The minimum atomic E-state index is -0.454. The molecular formula is C13H20N2O4. The van der Waals surface area contributed by atoms with Gasteiger partial charge in [0.15, 0.2) is 0 Å². The van der Waals surface area contributed by atoms with Crippen molar-refractivity contribution in [3.05, 3.63) is 28.3 Å². The van der Waals surface area contributed by atoms with Gasteiger partial charge in [-0.05, 0) is 32.0 Å². The molecule has 6 heteroatoms. The molecule has 0 aliphatic rings. The van der Waals surface area contributed by atoms with Crippen LogP contribution in [0.2, 0.25) is 0 Å². The summed E-state index contributed by atoms with van der Waals surface area (Å²) >= 11 is 0. The van der Waals surface area contributed by atoms with Crippen LogP contribution in [0.1, 0.15) is 19.8 Å². The smallest absolute Gasteiger partial charge is 0.311 e. The summed E-state index contributed by atoms with van der Waals surface area (Å²) in [4.78, 5) is 10.4. The van der Waals surface area contributed by atoms with E-state index in [9.17, 15) is 10.1 Å². The Kier molecular flexibility index (Phi) is 6.67. The van der Waals surface area contributed by atoms with Crippen molar-refractivity contribution in [1.29, 1.82) is 0 Å². The standard InChI is InChI=1S/C13H20N2O4/c1-3-7-14-8-4-9-19-13-10-11(18-2)5-6-12(13)15(16)17/h5-6,10,14H,3-4,7-9H2,1-2H3. The van der Waals surface area contributed by atoms with Crippen LogP contribution >= 0.6 is 0 Å². The minimum Gasteiger partial charge on any atom is -0.497 e. The second-order valence-corrected chi connectivity index (χ2v) is 4.04. The third-order valence-electron chi connectivity index (χ3n) is 2.55. The molecule has 0 saturated heterocycles. The molecule has 0 bridgehead atoms. The van der Waals surface area contributed by atoms with Crippen molar-refractivity contribution >= 4 is 5.69 Å². The number of ether oxygens (including phenoxy) is 2. The Morgan fingerprint density at radius 2 is 2.16 bits per heavy atom. The van der Waals surface area contributed by atoms with Crippen LogP contribution in [-0.4, -0.2) is 31.7 Å². The number of nitro benzene ring substituents is 1. The lowest BCUT2D eigenvalue weighted by atomic mass is 10.3. The second-order valence-electron chi connectivity index (χ2n) is 4.04. The number of rotatable bonds is 9. The predicted molar refractivity (Wildman–Crippen MR) is 72.9 cm³/mol. The van der Waals surface area contributed by atoms with Crippen LogP contribution in [0.25, 0.3) is 0 Å². The zero-order valence-corrected chi connectivity index (χ0v) is 11.3. The lowest BCUT2D eigenvalue weighted by molar-refractivity contribution is -0.385. The lowest BCUT2D eigenvalue weighted by Crippen LogP contribution is -2.18. The van der Waals surface area contributed by atoms with Gasteiger partial charge < -0.3 is 14.8 Å². The molecule has 0 radical (unpaired) electrons. The summed E-state index contributed by atoms with van der Waals surface area (Å²) in [5.74, 6) is 0.796. The summed E-state index contributed by atoms with van der Waals surface area (Å²) in [5.41, 5.74) is -0.0395. The first-order valence-electron chi connectivity index (χ1n) is 6.35. The van der Waals surface area contributed by atoms with Gasteiger partial charge in [-0.15, -0.1) is 0 Å². The monoisotopic (exact) mass is 268 g/mol. The third kappa shape index (κ3) is 5.13. The van der Waals surface area contributed by atoms with Crippen molar-refractivity contribution in [2.45, 2.75) is 19.8 Å². The molecule has 0 saturated carbocycles. The van der Waals surface area contributed by atoms with Gasteiger partial charge >= 0.3 is 5.69 Å². The van der Waals surface area contributed by atoms with Crippen molar-refractivity contribution in [3.8, 4) is 11.5 Å². The summed E-state index contributed by atoms with van der Waals surface area (Å²) in [5, 5.41) is 14.1. The van der Waals surface area contributed by atoms with Crippen molar-refractivity contribution in [1.82, 2.24) is 5.32 Å². The van der Waals surface area contributed by atoms with E-state index in [2.05, 4.69) is 12.2 Å². The van der Waals surface area contributed by atoms with Gasteiger partial charge in [0.05, 0.1) is 18.6 Å². The molecule has 0 aromatic heterocycles. The van der Waals surface area contributed by atoms with E-state index >= 15 is 0 Å². The van der Waals surface area contributed by atoms with E-state index in [1.807, 2.05) is 0 Å². The lowest BCUT2D eigenvalue weighted by Gasteiger charge is -2.08. The molecule has 0 unspecified atom stereocenters. The summed E-state index contributed by atoms with van der Waals surface area (Å²) in [6.07, 6.45) is 1.89. The molecule has 0 spiro atoms. The van der Waals surface area contributed by atoms with Crippen LogP contribution in [-0.2, 0) is 0 Å². The van der Waals surface area contributed by atoms with Gasteiger partial charge in [-0.25, -0.2) is 0 Å². The van der Waals surface area contributed by atoms with Gasteiger partial charge in [0.25, 0.3) is 0 Å².